The second kappa shape index (κ2) is 7.28. The number of hydrogen-bond donors (Lipinski definition) is 0. The molecule has 0 bridgehead atoms. The van der Waals surface area contributed by atoms with E-state index in [1.54, 1.807) is 24.3 Å². The summed E-state index contributed by atoms with van der Waals surface area (Å²) in [7, 11) is 0. The van der Waals surface area contributed by atoms with Gasteiger partial charge in [0.1, 0.15) is 11.5 Å². The molecule has 124 valence electrons. The second-order valence-electron chi connectivity index (χ2n) is 5.40. The molecule has 0 spiro atoms. The van der Waals surface area contributed by atoms with Crippen LogP contribution in [-0.4, -0.2) is 22.6 Å². The number of nitrogens with zero attached hydrogens (tertiary/aromatic N) is 1. The molecule has 0 N–H and O–H groups in total. The Kier molecular flexibility index (Phi) is 5.11. The fraction of sp³-hybridized carbons (Fsp3) is 0.222. The molecule has 1 fully saturated rings. The van der Waals surface area contributed by atoms with Gasteiger partial charge in [-0.15, -0.1) is 0 Å². The molecule has 0 saturated carbocycles. The first-order valence-corrected chi connectivity index (χ1v) is 8.89. The zero-order valence-corrected chi connectivity index (χ0v) is 14.7. The van der Waals surface area contributed by atoms with E-state index in [9.17, 15) is 9.59 Å². The third-order valence-electron chi connectivity index (χ3n) is 3.64. The summed E-state index contributed by atoms with van der Waals surface area (Å²) in [4.78, 5) is 25.9. The zero-order valence-electron chi connectivity index (χ0n) is 13.1. The van der Waals surface area contributed by atoms with Gasteiger partial charge in [-0.2, -0.15) is 0 Å². The van der Waals surface area contributed by atoms with Gasteiger partial charge >= 0.3 is 0 Å². The minimum atomic E-state index is -0.247. The summed E-state index contributed by atoms with van der Waals surface area (Å²) >= 11 is 6.84. The standard InChI is InChI=1S/C18H16ClNO3S/c1-2-3-10-20-17(21)16(24-18(20)22)11-14-8-9-15(23-14)12-4-6-13(19)7-5-12/h4-9,11H,2-3,10H2,1H3/b16-11-. The fourth-order valence-electron chi connectivity index (χ4n) is 2.34. The average molecular weight is 362 g/mol. The van der Waals surface area contributed by atoms with Crippen LogP contribution in [0.1, 0.15) is 25.5 Å². The predicted molar refractivity (Wildman–Crippen MR) is 96.7 cm³/mol. The van der Waals surface area contributed by atoms with Gasteiger partial charge in [0.25, 0.3) is 11.1 Å². The summed E-state index contributed by atoms with van der Waals surface area (Å²) in [5, 5.41) is 0.440. The summed E-state index contributed by atoms with van der Waals surface area (Å²) in [6.07, 6.45) is 3.37. The van der Waals surface area contributed by atoms with Gasteiger partial charge in [0.05, 0.1) is 4.91 Å². The molecule has 0 unspecified atom stereocenters. The molecule has 3 rings (SSSR count). The van der Waals surface area contributed by atoms with E-state index in [-0.39, 0.29) is 11.1 Å². The number of thioether (sulfide) groups is 1. The lowest BCUT2D eigenvalue weighted by atomic mass is 10.2. The zero-order chi connectivity index (χ0) is 17.1. The molecule has 1 saturated heterocycles. The van der Waals surface area contributed by atoms with E-state index in [1.165, 1.54) is 4.90 Å². The molecule has 2 amide bonds. The number of benzene rings is 1. The van der Waals surface area contributed by atoms with Crippen molar-refractivity contribution in [1.29, 1.82) is 0 Å². The number of carbonyl (C=O) groups excluding carboxylic acids is 2. The molecule has 0 aliphatic carbocycles. The molecule has 24 heavy (non-hydrogen) atoms. The molecule has 1 aromatic heterocycles. The van der Waals surface area contributed by atoms with Crippen LogP contribution in [0.5, 0.6) is 0 Å². The van der Waals surface area contributed by atoms with Crippen molar-refractivity contribution < 1.29 is 14.0 Å². The number of furan rings is 1. The first kappa shape index (κ1) is 16.9. The smallest absolute Gasteiger partial charge is 0.293 e. The van der Waals surface area contributed by atoms with Crippen molar-refractivity contribution in [3.05, 3.63) is 52.1 Å². The topological polar surface area (TPSA) is 50.5 Å². The Morgan fingerprint density at radius 1 is 1.17 bits per heavy atom. The van der Waals surface area contributed by atoms with E-state index >= 15 is 0 Å². The number of rotatable bonds is 5. The van der Waals surface area contributed by atoms with Crippen LogP contribution in [0.3, 0.4) is 0 Å². The summed E-state index contributed by atoms with van der Waals surface area (Å²) in [5.41, 5.74) is 0.898. The summed E-state index contributed by atoms with van der Waals surface area (Å²) in [6.45, 7) is 2.49. The number of amides is 2. The summed E-state index contributed by atoms with van der Waals surface area (Å²) < 4.78 is 5.76. The van der Waals surface area contributed by atoms with Gasteiger partial charge in [-0.3, -0.25) is 14.5 Å². The maximum Gasteiger partial charge on any atom is 0.293 e. The van der Waals surface area contributed by atoms with Crippen LogP contribution in [0, 0.1) is 0 Å². The van der Waals surface area contributed by atoms with Crippen LogP contribution in [0.2, 0.25) is 5.02 Å². The van der Waals surface area contributed by atoms with Crippen LogP contribution < -0.4 is 0 Å². The Hall–Kier alpha value is -1.98. The molecule has 1 aromatic carbocycles. The molecule has 1 aliphatic rings. The Morgan fingerprint density at radius 2 is 1.92 bits per heavy atom. The van der Waals surface area contributed by atoms with Crippen LogP contribution in [0.25, 0.3) is 17.4 Å². The number of unbranched alkanes of at least 4 members (excludes halogenated alkanes) is 1. The van der Waals surface area contributed by atoms with Crippen LogP contribution >= 0.6 is 23.4 Å². The molecule has 0 radical (unpaired) electrons. The third-order valence-corrected chi connectivity index (χ3v) is 4.80. The molecule has 2 heterocycles. The molecule has 0 atom stereocenters. The van der Waals surface area contributed by atoms with Crippen molar-refractivity contribution in [2.45, 2.75) is 19.8 Å². The number of hydrogen-bond acceptors (Lipinski definition) is 4. The summed E-state index contributed by atoms with van der Waals surface area (Å²) in [5.74, 6) is 0.979. The van der Waals surface area contributed by atoms with E-state index < -0.39 is 0 Å². The quantitative estimate of drug-likeness (QED) is 0.665. The van der Waals surface area contributed by atoms with Crippen LogP contribution in [-0.2, 0) is 4.79 Å². The molecule has 2 aromatic rings. The molecular weight excluding hydrogens is 346 g/mol. The Morgan fingerprint density at radius 3 is 2.62 bits per heavy atom. The van der Waals surface area contributed by atoms with Gasteiger partial charge in [0.15, 0.2) is 0 Å². The normalized spacial score (nSPS) is 16.4. The fourth-order valence-corrected chi connectivity index (χ4v) is 3.31. The third kappa shape index (κ3) is 3.57. The highest BCUT2D eigenvalue weighted by atomic mass is 35.5. The summed E-state index contributed by atoms with van der Waals surface area (Å²) in [6, 6.07) is 10.9. The number of carbonyl (C=O) groups is 2. The first-order chi connectivity index (χ1) is 11.6. The van der Waals surface area contributed by atoms with Crippen molar-refractivity contribution in [1.82, 2.24) is 4.90 Å². The monoisotopic (exact) mass is 361 g/mol. The van der Waals surface area contributed by atoms with Gasteiger partial charge in [-0.05, 0) is 54.6 Å². The maximum absolute atomic E-state index is 12.3. The van der Waals surface area contributed by atoms with Gasteiger partial charge < -0.3 is 4.42 Å². The SMILES string of the molecule is CCCCN1C(=O)S/C(=C\c2ccc(-c3ccc(Cl)cc3)o2)C1=O. The largest absolute Gasteiger partial charge is 0.457 e. The van der Waals surface area contributed by atoms with Crippen molar-refractivity contribution in [2.24, 2.45) is 0 Å². The van der Waals surface area contributed by atoms with Gasteiger partial charge in [0.2, 0.25) is 0 Å². The Balaban J connectivity index is 1.78. The van der Waals surface area contributed by atoms with E-state index in [0.29, 0.717) is 28.0 Å². The van der Waals surface area contributed by atoms with Crippen molar-refractivity contribution in [2.75, 3.05) is 6.54 Å². The van der Waals surface area contributed by atoms with Gasteiger partial charge in [-0.1, -0.05) is 24.9 Å². The number of imide groups is 1. The van der Waals surface area contributed by atoms with Crippen molar-refractivity contribution in [3.8, 4) is 11.3 Å². The number of halogens is 1. The average Bonchev–Trinajstić information content (AvgIpc) is 3.13. The highest BCUT2D eigenvalue weighted by Crippen LogP contribution is 2.33. The highest BCUT2D eigenvalue weighted by molar-refractivity contribution is 8.18. The Bertz CT molecular complexity index is 795. The lowest BCUT2D eigenvalue weighted by Crippen LogP contribution is -2.29. The lowest BCUT2D eigenvalue weighted by Gasteiger charge is -2.10. The van der Waals surface area contributed by atoms with Crippen LogP contribution in [0.15, 0.2) is 45.7 Å². The molecule has 1 aliphatic heterocycles. The van der Waals surface area contributed by atoms with Crippen LogP contribution in [0.4, 0.5) is 4.79 Å². The van der Waals surface area contributed by atoms with Crippen molar-refractivity contribution in [3.63, 3.8) is 0 Å². The van der Waals surface area contributed by atoms with Crippen molar-refractivity contribution >= 4 is 40.6 Å². The highest BCUT2D eigenvalue weighted by Gasteiger charge is 2.34. The predicted octanol–water partition coefficient (Wildman–Crippen LogP) is 5.44. The lowest BCUT2D eigenvalue weighted by molar-refractivity contribution is -0.122. The van der Waals surface area contributed by atoms with Gasteiger partial charge in [-0.25, -0.2) is 0 Å². The Labute approximate surface area is 149 Å². The first-order valence-electron chi connectivity index (χ1n) is 7.69. The maximum atomic E-state index is 12.3. The molecular formula is C18H16ClNO3S. The van der Waals surface area contributed by atoms with E-state index in [1.807, 2.05) is 25.1 Å². The minimum absolute atomic E-state index is 0.218. The van der Waals surface area contributed by atoms with E-state index in [4.69, 9.17) is 16.0 Å². The molecule has 4 nitrogen and oxygen atoms in total. The second-order valence-corrected chi connectivity index (χ2v) is 6.83. The van der Waals surface area contributed by atoms with E-state index in [2.05, 4.69) is 0 Å². The van der Waals surface area contributed by atoms with E-state index in [0.717, 1.165) is 30.2 Å². The minimum Gasteiger partial charge on any atom is -0.457 e. The molecule has 6 heteroatoms. The van der Waals surface area contributed by atoms with Gasteiger partial charge in [0, 0.05) is 23.2 Å².